The summed E-state index contributed by atoms with van der Waals surface area (Å²) in [5.41, 5.74) is 1.08. The molecule has 0 atom stereocenters. The quantitative estimate of drug-likeness (QED) is 0.591. The van der Waals surface area contributed by atoms with E-state index in [2.05, 4.69) is 19.9 Å². The molecule has 2 heterocycles. The molecule has 1 N–H and O–H groups in total. The van der Waals surface area contributed by atoms with Crippen LogP contribution in [-0.4, -0.2) is 19.9 Å². The van der Waals surface area contributed by atoms with Crippen molar-refractivity contribution >= 4 is 11.8 Å². The van der Waals surface area contributed by atoms with Crippen molar-refractivity contribution in [3.8, 4) is 0 Å². The molecule has 4 nitrogen and oxygen atoms in total. The van der Waals surface area contributed by atoms with Gasteiger partial charge in [0, 0.05) is 30.0 Å². The third kappa shape index (κ3) is 2.29. The number of nitrogens with one attached hydrogen (secondary N) is 1. The molecule has 0 saturated carbocycles. The SMILES string of the molecule is c1cnc(SCc2cnc[nH]2)nc1. The number of hydrogen-bond donors (Lipinski definition) is 1. The first kappa shape index (κ1) is 8.25. The Hall–Kier alpha value is -1.36. The van der Waals surface area contributed by atoms with Crippen molar-refractivity contribution in [3.05, 3.63) is 36.7 Å². The number of H-pyrrole nitrogens is 1. The number of nitrogens with zero attached hydrogens (tertiary/aromatic N) is 3. The largest absolute Gasteiger partial charge is 0.348 e. The van der Waals surface area contributed by atoms with Gasteiger partial charge in [-0.05, 0) is 6.07 Å². The average Bonchev–Trinajstić information content (AvgIpc) is 2.69. The van der Waals surface area contributed by atoms with Crippen molar-refractivity contribution in [2.75, 3.05) is 0 Å². The van der Waals surface area contributed by atoms with Gasteiger partial charge < -0.3 is 4.98 Å². The fourth-order valence-electron chi connectivity index (χ4n) is 0.866. The molecule has 66 valence electrons. The molecule has 0 aliphatic rings. The Labute approximate surface area is 79.8 Å². The van der Waals surface area contributed by atoms with E-state index in [4.69, 9.17) is 0 Å². The molecule has 5 heteroatoms. The smallest absolute Gasteiger partial charge is 0.187 e. The van der Waals surface area contributed by atoms with Crippen molar-refractivity contribution in [2.45, 2.75) is 10.9 Å². The average molecular weight is 192 g/mol. The van der Waals surface area contributed by atoms with Crippen LogP contribution in [0.1, 0.15) is 5.69 Å². The van der Waals surface area contributed by atoms with E-state index in [9.17, 15) is 0 Å². The molecule has 2 rings (SSSR count). The predicted octanol–water partition coefficient (Wildman–Crippen LogP) is 1.49. The third-order valence-corrected chi connectivity index (χ3v) is 2.38. The Bertz CT molecular complexity index is 346. The molecule has 0 fully saturated rings. The number of aromatic nitrogens is 4. The highest BCUT2D eigenvalue weighted by Crippen LogP contribution is 2.15. The maximum atomic E-state index is 4.10. The van der Waals surface area contributed by atoms with Gasteiger partial charge in [-0.2, -0.15) is 0 Å². The summed E-state index contributed by atoms with van der Waals surface area (Å²) in [4.78, 5) is 15.1. The van der Waals surface area contributed by atoms with Gasteiger partial charge >= 0.3 is 0 Å². The second-order valence-electron chi connectivity index (χ2n) is 2.40. The van der Waals surface area contributed by atoms with E-state index < -0.39 is 0 Å². The number of rotatable bonds is 3. The van der Waals surface area contributed by atoms with Crippen LogP contribution in [0.25, 0.3) is 0 Å². The minimum Gasteiger partial charge on any atom is -0.348 e. The van der Waals surface area contributed by atoms with Gasteiger partial charge in [-0.1, -0.05) is 11.8 Å². The fourth-order valence-corrected chi connectivity index (χ4v) is 1.58. The van der Waals surface area contributed by atoms with Crippen LogP contribution in [0.3, 0.4) is 0 Å². The molecular formula is C8H8N4S. The second kappa shape index (κ2) is 4.04. The summed E-state index contributed by atoms with van der Waals surface area (Å²) >= 11 is 1.58. The van der Waals surface area contributed by atoms with Crippen molar-refractivity contribution in [1.82, 2.24) is 19.9 Å². The van der Waals surface area contributed by atoms with Gasteiger partial charge in [0.05, 0.1) is 6.33 Å². The van der Waals surface area contributed by atoms with Crippen LogP contribution in [0.15, 0.2) is 36.1 Å². The maximum absolute atomic E-state index is 4.10. The van der Waals surface area contributed by atoms with E-state index in [1.165, 1.54) is 0 Å². The number of hydrogen-bond acceptors (Lipinski definition) is 4. The van der Waals surface area contributed by atoms with E-state index in [0.29, 0.717) is 0 Å². The topological polar surface area (TPSA) is 54.5 Å². The molecule has 0 amide bonds. The van der Waals surface area contributed by atoms with Crippen LogP contribution < -0.4 is 0 Å². The Morgan fingerprint density at radius 1 is 1.31 bits per heavy atom. The highest BCUT2D eigenvalue weighted by Gasteiger charge is 1.97. The normalized spacial score (nSPS) is 10.2. The zero-order valence-electron chi connectivity index (χ0n) is 6.84. The molecule has 0 saturated heterocycles. The lowest BCUT2D eigenvalue weighted by molar-refractivity contribution is 0.965. The monoisotopic (exact) mass is 192 g/mol. The van der Waals surface area contributed by atoms with Crippen LogP contribution in [0.5, 0.6) is 0 Å². The Kier molecular flexibility index (Phi) is 2.56. The van der Waals surface area contributed by atoms with Crippen molar-refractivity contribution in [2.24, 2.45) is 0 Å². The van der Waals surface area contributed by atoms with Gasteiger partial charge in [0.1, 0.15) is 0 Å². The molecule has 0 unspecified atom stereocenters. The molecule has 0 aliphatic heterocycles. The van der Waals surface area contributed by atoms with Crippen molar-refractivity contribution < 1.29 is 0 Å². The standard InChI is InChI=1S/C8H8N4S/c1-2-10-8(11-3-1)13-5-7-4-9-6-12-7/h1-4,6H,5H2,(H,9,12). The van der Waals surface area contributed by atoms with E-state index in [1.54, 1.807) is 42.7 Å². The first-order chi connectivity index (χ1) is 6.45. The van der Waals surface area contributed by atoms with Crippen molar-refractivity contribution in [1.29, 1.82) is 0 Å². The molecule has 0 radical (unpaired) electrons. The molecular weight excluding hydrogens is 184 g/mol. The van der Waals surface area contributed by atoms with Crippen LogP contribution >= 0.6 is 11.8 Å². The van der Waals surface area contributed by atoms with Crippen molar-refractivity contribution in [3.63, 3.8) is 0 Å². The number of aromatic amines is 1. The lowest BCUT2D eigenvalue weighted by Crippen LogP contribution is -1.85. The molecule has 0 bridgehead atoms. The summed E-state index contributed by atoms with van der Waals surface area (Å²) in [6.45, 7) is 0. The summed E-state index contributed by atoms with van der Waals surface area (Å²) in [6.07, 6.45) is 6.95. The van der Waals surface area contributed by atoms with Gasteiger partial charge in [0.2, 0.25) is 0 Å². The molecule has 0 aliphatic carbocycles. The van der Waals surface area contributed by atoms with Gasteiger partial charge in [-0.3, -0.25) is 0 Å². The molecule has 0 aromatic carbocycles. The first-order valence-corrected chi connectivity index (χ1v) is 4.81. The van der Waals surface area contributed by atoms with E-state index in [1.807, 2.05) is 0 Å². The summed E-state index contributed by atoms with van der Waals surface area (Å²) in [6, 6.07) is 1.81. The zero-order valence-corrected chi connectivity index (χ0v) is 7.66. The van der Waals surface area contributed by atoms with Crippen LogP contribution in [0.2, 0.25) is 0 Å². The molecule has 2 aromatic rings. The van der Waals surface area contributed by atoms with Crippen LogP contribution in [-0.2, 0) is 5.75 Å². The predicted molar refractivity (Wildman–Crippen MR) is 50.2 cm³/mol. The lowest BCUT2D eigenvalue weighted by atomic mass is 10.6. The van der Waals surface area contributed by atoms with Gasteiger partial charge in [-0.25, -0.2) is 15.0 Å². The zero-order chi connectivity index (χ0) is 8.93. The van der Waals surface area contributed by atoms with Crippen LogP contribution in [0, 0.1) is 0 Å². The first-order valence-electron chi connectivity index (χ1n) is 3.82. The number of imidazole rings is 1. The Balaban J connectivity index is 1.94. The molecule has 13 heavy (non-hydrogen) atoms. The summed E-state index contributed by atoms with van der Waals surface area (Å²) in [5.74, 6) is 0.823. The highest BCUT2D eigenvalue weighted by molar-refractivity contribution is 7.98. The summed E-state index contributed by atoms with van der Waals surface area (Å²) < 4.78 is 0. The van der Waals surface area contributed by atoms with E-state index in [-0.39, 0.29) is 0 Å². The van der Waals surface area contributed by atoms with Gasteiger partial charge in [0.25, 0.3) is 0 Å². The molecule has 2 aromatic heterocycles. The van der Waals surface area contributed by atoms with Gasteiger partial charge in [0.15, 0.2) is 5.16 Å². The Morgan fingerprint density at radius 2 is 2.15 bits per heavy atom. The molecule has 0 spiro atoms. The fraction of sp³-hybridized carbons (Fsp3) is 0.125. The maximum Gasteiger partial charge on any atom is 0.187 e. The lowest BCUT2D eigenvalue weighted by Gasteiger charge is -1.95. The second-order valence-corrected chi connectivity index (χ2v) is 3.34. The van der Waals surface area contributed by atoms with E-state index >= 15 is 0 Å². The summed E-state index contributed by atoms with van der Waals surface area (Å²) in [7, 11) is 0. The minimum atomic E-state index is 0.789. The van der Waals surface area contributed by atoms with Gasteiger partial charge in [-0.15, -0.1) is 0 Å². The Morgan fingerprint density at radius 3 is 2.85 bits per heavy atom. The highest BCUT2D eigenvalue weighted by atomic mass is 32.2. The third-order valence-electron chi connectivity index (χ3n) is 1.45. The van der Waals surface area contributed by atoms with E-state index in [0.717, 1.165) is 16.6 Å². The minimum absolute atomic E-state index is 0.789. The van der Waals surface area contributed by atoms with Crippen LogP contribution in [0.4, 0.5) is 0 Å². The summed E-state index contributed by atoms with van der Waals surface area (Å²) in [5, 5.41) is 0.789. The number of thioether (sulfide) groups is 1.